The van der Waals surface area contributed by atoms with Gasteiger partial charge in [0.05, 0.1) is 13.5 Å². The van der Waals surface area contributed by atoms with Crippen molar-refractivity contribution in [1.82, 2.24) is 5.32 Å². The standard InChI is InChI=1S/C12H17NO2S/c1-15-12(14)5-6-13-8-10-7-9-3-2-4-11(9)16-10/h7,13H,2-6,8H2,1H3. The lowest BCUT2D eigenvalue weighted by Gasteiger charge is -2.01. The normalized spacial score (nSPS) is 13.8. The average Bonchev–Trinajstić information content (AvgIpc) is 2.84. The number of hydrogen-bond donors (Lipinski definition) is 1. The number of fused-ring (bicyclic) bond motifs is 1. The van der Waals surface area contributed by atoms with Gasteiger partial charge in [0, 0.05) is 22.8 Å². The Labute approximate surface area is 99.8 Å². The van der Waals surface area contributed by atoms with E-state index < -0.39 is 0 Å². The van der Waals surface area contributed by atoms with Gasteiger partial charge in [-0.3, -0.25) is 4.79 Å². The summed E-state index contributed by atoms with van der Waals surface area (Å²) in [7, 11) is 1.42. The van der Waals surface area contributed by atoms with E-state index >= 15 is 0 Å². The molecule has 1 heterocycles. The summed E-state index contributed by atoms with van der Waals surface area (Å²) in [6, 6.07) is 2.30. The van der Waals surface area contributed by atoms with Crippen molar-refractivity contribution in [2.24, 2.45) is 0 Å². The first kappa shape index (κ1) is 11.6. The fourth-order valence-electron chi connectivity index (χ4n) is 1.98. The van der Waals surface area contributed by atoms with Gasteiger partial charge in [0.15, 0.2) is 0 Å². The van der Waals surface area contributed by atoms with Crippen molar-refractivity contribution >= 4 is 17.3 Å². The minimum Gasteiger partial charge on any atom is -0.469 e. The lowest BCUT2D eigenvalue weighted by molar-refractivity contribution is -0.140. The van der Waals surface area contributed by atoms with E-state index in [0.29, 0.717) is 13.0 Å². The average molecular weight is 239 g/mol. The van der Waals surface area contributed by atoms with Gasteiger partial charge in [0.1, 0.15) is 0 Å². The maximum absolute atomic E-state index is 10.9. The number of carbonyl (C=O) groups is 1. The second-order valence-corrected chi connectivity index (χ2v) is 5.24. The Hall–Kier alpha value is -0.870. The molecule has 0 unspecified atom stereocenters. The molecule has 0 saturated carbocycles. The van der Waals surface area contributed by atoms with Crippen LogP contribution in [-0.2, 0) is 28.9 Å². The van der Waals surface area contributed by atoms with Gasteiger partial charge in [0.25, 0.3) is 0 Å². The monoisotopic (exact) mass is 239 g/mol. The zero-order chi connectivity index (χ0) is 11.4. The Morgan fingerprint density at radius 2 is 2.44 bits per heavy atom. The van der Waals surface area contributed by atoms with Crippen molar-refractivity contribution in [3.8, 4) is 0 Å². The highest BCUT2D eigenvalue weighted by atomic mass is 32.1. The Morgan fingerprint density at radius 3 is 3.19 bits per heavy atom. The minimum atomic E-state index is -0.152. The van der Waals surface area contributed by atoms with Crippen LogP contribution in [0.1, 0.15) is 28.2 Å². The SMILES string of the molecule is COC(=O)CCNCc1cc2c(s1)CCC2. The molecule has 0 spiro atoms. The molecule has 16 heavy (non-hydrogen) atoms. The van der Waals surface area contributed by atoms with Crippen LogP contribution in [0, 0.1) is 0 Å². The molecule has 0 atom stereocenters. The molecule has 2 rings (SSSR count). The molecule has 0 fully saturated rings. The maximum Gasteiger partial charge on any atom is 0.306 e. The molecule has 0 radical (unpaired) electrons. The van der Waals surface area contributed by atoms with Crippen molar-refractivity contribution in [1.29, 1.82) is 0 Å². The summed E-state index contributed by atoms with van der Waals surface area (Å²) in [6.45, 7) is 1.56. The fraction of sp³-hybridized carbons (Fsp3) is 0.583. The Morgan fingerprint density at radius 1 is 1.56 bits per heavy atom. The lowest BCUT2D eigenvalue weighted by Crippen LogP contribution is -2.17. The number of nitrogens with one attached hydrogen (secondary N) is 1. The molecule has 1 aromatic rings. The van der Waals surface area contributed by atoms with E-state index in [9.17, 15) is 4.79 Å². The minimum absolute atomic E-state index is 0.152. The number of thiophene rings is 1. The number of esters is 1. The Kier molecular flexibility index (Phi) is 3.96. The molecule has 1 aliphatic rings. The van der Waals surface area contributed by atoms with Crippen molar-refractivity contribution in [3.05, 3.63) is 21.4 Å². The fourth-order valence-corrected chi connectivity index (χ4v) is 3.21. The smallest absolute Gasteiger partial charge is 0.306 e. The van der Waals surface area contributed by atoms with Gasteiger partial charge in [-0.1, -0.05) is 0 Å². The molecule has 88 valence electrons. The Balaban J connectivity index is 1.71. The van der Waals surface area contributed by atoms with E-state index in [1.165, 1.54) is 36.8 Å². The van der Waals surface area contributed by atoms with E-state index in [-0.39, 0.29) is 5.97 Å². The molecule has 3 nitrogen and oxygen atoms in total. The molecule has 4 heteroatoms. The van der Waals surface area contributed by atoms with Crippen LogP contribution in [0.25, 0.3) is 0 Å². The highest BCUT2D eigenvalue weighted by molar-refractivity contribution is 7.12. The quantitative estimate of drug-likeness (QED) is 0.630. The number of aryl methyl sites for hydroxylation is 2. The van der Waals surface area contributed by atoms with E-state index in [1.54, 1.807) is 4.88 Å². The first-order valence-electron chi connectivity index (χ1n) is 5.67. The molecule has 0 bridgehead atoms. The van der Waals surface area contributed by atoms with Gasteiger partial charge in [-0.05, 0) is 30.9 Å². The summed E-state index contributed by atoms with van der Waals surface area (Å²) in [6.07, 6.45) is 4.26. The zero-order valence-electron chi connectivity index (χ0n) is 9.54. The lowest BCUT2D eigenvalue weighted by atomic mass is 10.2. The van der Waals surface area contributed by atoms with Crippen LogP contribution in [-0.4, -0.2) is 19.6 Å². The second-order valence-electron chi connectivity index (χ2n) is 4.02. The van der Waals surface area contributed by atoms with Crippen LogP contribution < -0.4 is 5.32 Å². The van der Waals surface area contributed by atoms with Gasteiger partial charge in [-0.2, -0.15) is 0 Å². The zero-order valence-corrected chi connectivity index (χ0v) is 10.4. The van der Waals surface area contributed by atoms with Crippen molar-refractivity contribution in [3.63, 3.8) is 0 Å². The van der Waals surface area contributed by atoms with Crippen LogP contribution >= 0.6 is 11.3 Å². The van der Waals surface area contributed by atoms with Crippen molar-refractivity contribution < 1.29 is 9.53 Å². The molecule has 0 aliphatic heterocycles. The predicted octanol–water partition coefficient (Wildman–Crippen LogP) is 1.89. The molecular formula is C12H17NO2S. The third-order valence-electron chi connectivity index (χ3n) is 2.83. The molecule has 1 aromatic heterocycles. The second kappa shape index (κ2) is 5.46. The number of carbonyl (C=O) groups excluding carboxylic acids is 1. The number of hydrogen-bond acceptors (Lipinski definition) is 4. The van der Waals surface area contributed by atoms with Gasteiger partial charge in [-0.25, -0.2) is 0 Å². The third-order valence-corrected chi connectivity index (χ3v) is 4.07. The van der Waals surface area contributed by atoms with Gasteiger partial charge < -0.3 is 10.1 Å². The van der Waals surface area contributed by atoms with Crippen LogP contribution in [0.4, 0.5) is 0 Å². The summed E-state index contributed by atoms with van der Waals surface area (Å²) in [5, 5.41) is 3.27. The van der Waals surface area contributed by atoms with Crippen LogP contribution in [0.3, 0.4) is 0 Å². The summed E-state index contributed by atoms with van der Waals surface area (Å²) >= 11 is 1.91. The Bertz CT molecular complexity index is 352. The molecule has 0 amide bonds. The maximum atomic E-state index is 10.9. The molecule has 0 aromatic carbocycles. The predicted molar refractivity (Wildman–Crippen MR) is 64.7 cm³/mol. The van der Waals surface area contributed by atoms with Gasteiger partial charge in [0.2, 0.25) is 0 Å². The first-order valence-corrected chi connectivity index (χ1v) is 6.49. The summed E-state index contributed by atoms with van der Waals surface area (Å²) in [5.74, 6) is -0.152. The van der Waals surface area contributed by atoms with E-state index in [4.69, 9.17) is 0 Å². The van der Waals surface area contributed by atoms with Crippen LogP contribution in [0.5, 0.6) is 0 Å². The van der Waals surface area contributed by atoms with E-state index in [2.05, 4.69) is 16.1 Å². The van der Waals surface area contributed by atoms with Crippen molar-refractivity contribution in [2.75, 3.05) is 13.7 Å². The topological polar surface area (TPSA) is 38.3 Å². The van der Waals surface area contributed by atoms with E-state index in [0.717, 1.165) is 6.54 Å². The first-order chi connectivity index (χ1) is 7.79. The summed E-state index contributed by atoms with van der Waals surface area (Å²) < 4.78 is 4.58. The molecule has 0 saturated heterocycles. The summed E-state index contributed by atoms with van der Waals surface area (Å²) in [5.41, 5.74) is 1.54. The van der Waals surface area contributed by atoms with Gasteiger partial charge >= 0.3 is 5.97 Å². The molecule has 1 N–H and O–H groups in total. The molecular weight excluding hydrogens is 222 g/mol. The third kappa shape index (κ3) is 2.83. The van der Waals surface area contributed by atoms with Crippen LogP contribution in [0.15, 0.2) is 6.07 Å². The summed E-state index contributed by atoms with van der Waals surface area (Å²) in [4.78, 5) is 13.8. The van der Waals surface area contributed by atoms with Gasteiger partial charge in [-0.15, -0.1) is 11.3 Å². The number of ether oxygens (including phenoxy) is 1. The highest BCUT2D eigenvalue weighted by Crippen LogP contribution is 2.30. The number of methoxy groups -OCH3 is 1. The largest absolute Gasteiger partial charge is 0.469 e. The molecule has 1 aliphatic carbocycles. The van der Waals surface area contributed by atoms with Crippen LogP contribution in [0.2, 0.25) is 0 Å². The number of rotatable bonds is 5. The highest BCUT2D eigenvalue weighted by Gasteiger charge is 2.14. The van der Waals surface area contributed by atoms with E-state index in [1.807, 2.05) is 11.3 Å². The van der Waals surface area contributed by atoms with Crippen molar-refractivity contribution in [2.45, 2.75) is 32.2 Å².